The van der Waals surface area contributed by atoms with E-state index in [0.29, 0.717) is 37.4 Å². The van der Waals surface area contributed by atoms with Crippen molar-refractivity contribution >= 4 is 29.1 Å². The van der Waals surface area contributed by atoms with Gasteiger partial charge in [0.2, 0.25) is 5.91 Å². The summed E-state index contributed by atoms with van der Waals surface area (Å²) in [6.45, 7) is 1.50. The van der Waals surface area contributed by atoms with Crippen molar-refractivity contribution in [1.29, 1.82) is 0 Å². The molecule has 10 heteroatoms. The van der Waals surface area contributed by atoms with E-state index < -0.39 is 17.5 Å². The number of rotatable bonds is 7. The summed E-state index contributed by atoms with van der Waals surface area (Å²) in [7, 11) is 0. The van der Waals surface area contributed by atoms with Crippen molar-refractivity contribution in [3.8, 4) is 0 Å². The van der Waals surface area contributed by atoms with Crippen LogP contribution in [0.2, 0.25) is 0 Å². The Labute approximate surface area is 243 Å². The molecule has 1 aliphatic carbocycles. The first-order valence-corrected chi connectivity index (χ1v) is 14.3. The van der Waals surface area contributed by atoms with Gasteiger partial charge in [-0.1, -0.05) is 30.3 Å². The normalized spacial score (nSPS) is 18.8. The van der Waals surface area contributed by atoms with Crippen LogP contribution in [-0.4, -0.2) is 60.9 Å². The van der Waals surface area contributed by atoms with Gasteiger partial charge in [0, 0.05) is 55.5 Å². The van der Waals surface area contributed by atoms with Crippen LogP contribution in [0.15, 0.2) is 66.7 Å². The highest BCUT2D eigenvalue weighted by Gasteiger charge is 2.26. The summed E-state index contributed by atoms with van der Waals surface area (Å²) in [5.41, 5.74) is 8.49. The lowest BCUT2D eigenvalue weighted by Gasteiger charge is -2.37. The average molecular weight is 576 g/mol. The van der Waals surface area contributed by atoms with Crippen LogP contribution in [0.25, 0.3) is 0 Å². The Morgan fingerprint density at radius 3 is 2.14 bits per heavy atom. The Bertz CT molecular complexity index is 1420. The third-order valence-corrected chi connectivity index (χ3v) is 7.86. The fourth-order valence-electron chi connectivity index (χ4n) is 5.57. The largest absolute Gasteiger partial charge is 0.366 e. The van der Waals surface area contributed by atoms with Crippen LogP contribution in [0.5, 0.6) is 0 Å². The van der Waals surface area contributed by atoms with Crippen molar-refractivity contribution in [2.45, 2.75) is 44.2 Å². The van der Waals surface area contributed by atoms with Gasteiger partial charge in [-0.25, -0.2) is 8.78 Å². The molecular weight excluding hydrogens is 540 g/mol. The monoisotopic (exact) mass is 575 g/mol. The predicted octanol–water partition coefficient (Wildman–Crippen LogP) is 4.11. The van der Waals surface area contributed by atoms with Crippen LogP contribution in [0.3, 0.4) is 0 Å². The molecule has 2 aliphatic rings. The van der Waals surface area contributed by atoms with E-state index in [0.717, 1.165) is 55.1 Å². The maximum atomic E-state index is 13.7. The van der Waals surface area contributed by atoms with E-state index >= 15 is 0 Å². The molecule has 5 rings (SSSR count). The highest BCUT2D eigenvalue weighted by molar-refractivity contribution is 6.00. The Morgan fingerprint density at radius 2 is 1.48 bits per heavy atom. The molecule has 0 aromatic heterocycles. The standard InChI is InChI=1S/C32H35F2N5O3/c33-24-17-23(18-25(34)20-24)32(42)39-14-12-38(13-15-39)29-11-6-22(31(41)36-27-9-7-26(35)8-10-27)19-28(29)37-30(40)16-21-4-2-1-3-5-21/h1-6,11,17-20,26-27H,7-10,12-16,35H2,(H,36,41)(H,37,40). The van der Waals surface area contributed by atoms with E-state index in [2.05, 4.69) is 10.6 Å². The first-order chi connectivity index (χ1) is 20.2. The molecule has 42 heavy (non-hydrogen) atoms. The maximum Gasteiger partial charge on any atom is 0.254 e. The van der Waals surface area contributed by atoms with Gasteiger partial charge in [-0.15, -0.1) is 0 Å². The van der Waals surface area contributed by atoms with Gasteiger partial charge in [-0.2, -0.15) is 0 Å². The molecule has 8 nitrogen and oxygen atoms in total. The van der Waals surface area contributed by atoms with Crippen molar-refractivity contribution in [2.24, 2.45) is 5.73 Å². The number of anilines is 2. The molecule has 0 spiro atoms. The van der Waals surface area contributed by atoms with Crippen molar-refractivity contribution in [2.75, 3.05) is 36.4 Å². The number of amides is 3. The molecule has 3 aromatic rings. The molecule has 0 bridgehead atoms. The van der Waals surface area contributed by atoms with Gasteiger partial charge in [0.15, 0.2) is 0 Å². The number of carbonyl (C=O) groups is 3. The smallest absolute Gasteiger partial charge is 0.254 e. The van der Waals surface area contributed by atoms with E-state index in [1.807, 2.05) is 41.3 Å². The molecule has 0 unspecified atom stereocenters. The van der Waals surface area contributed by atoms with Crippen LogP contribution in [-0.2, 0) is 11.2 Å². The van der Waals surface area contributed by atoms with Crippen molar-refractivity contribution in [1.82, 2.24) is 10.2 Å². The van der Waals surface area contributed by atoms with Gasteiger partial charge >= 0.3 is 0 Å². The summed E-state index contributed by atoms with van der Waals surface area (Å²) in [5.74, 6) is -2.48. The third kappa shape index (κ3) is 7.30. The molecule has 3 amide bonds. The molecule has 220 valence electrons. The Hall–Kier alpha value is -4.31. The molecule has 1 saturated carbocycles. The third-order valence-electron chi connectivity index (χ3n) is 7.86. The van der Waals surface area contributed by atoms with Gasteiger partial charge in [0.25, 0.3) is 11.8 Å². The molecule has 0 atom stereocenters. The minimum absolute atomic E-state index is 0.0369. The minimum atomic E-state index is -0.802. The number of nitrogens with two attached hydrogens (primary N) is 1. The van der Waals surface area contributed by atoms with E-state index in [1.165, 1.54) is 0 Å². The molecule has 0 radical (unpaired) electrons. The van der Waals surface area contributed by atoms with Crippen molar-refractivity contribution < 1.29 is 23.2 Å². The zero-order valence-corrected chi connectivity index (χ0v) is 23.3. The molecule has 1 heterocycles. The van der Waals surface area contributed by atoms with Gasteiger partial charge in [-0.05, 0) is 61.6 Å². The van der Waals surface area contributed by atoms with E-state index in [9.17, 15) is 23.2 Å². The van der Waals surface area contributed by atoms with Crippen molar-refractivity contribution in [3.63, 3.8) is 0 Å². The number of nitrogens with zero attached hydrogens (tertiary/aromatic N) is 2. The molecule has 2 fully saturated rings. The number of hydrogen-bond acceptors (Lipinski definition) is 5. The molecule has 1 aliphatic heterocycles. The van der Waals surface area contributed by atoms with E-state index in [4.69, 9.17) is 5.73 Å². The number of nitrogens with one attached hydrogen (secondary N) is 2. The quantitative estimate of drug-likeness (QED) is 0.393. The van der Waals surface area contributed by atoms with Gasteiger partial charge in [-0.3, -0.25) is 14.4 Å². The second kappa shape index (κ2) is 13.1. The zero-order valence-electron chi connectivity index (χ0n) is 23.3. The Morgan fingerprint density at radius 1 is 0.810 bits per heavy atom. The molecule has 4 N–H and O–H groups in total. The summed E-state index contributed by atoms with van der Waals surface area (Å²) in [5, 5.41) is 6.09. The summed E-state index contributed by atoms with van der Waals surface area (Å²) in [6, 6.07) is 17.6. The zero-order chi connectivity index (χ0) is 29.6. The van der Waals surface area contributed by atoms with Crippen LogP contribution in [0.4, 0.5) is 20.2 Å². The summed E-state index contributed by atoms with van der Waals surface area (Å²) in [6.07, 6.45) is 3.57. The first kappa shape index (κ1) is 29.2. The maximum absolute atomic E-state index is 13.7. The Balaban J connectivity index is 1.31. The molecule has 3 aromatic carbocycles. The lowest BCUT2D eigenvalue weighted by molar-refractivity contribution is -0.115. The first-order valence-electron chi connectivity index (χ1n) is 14.3. The SMILES string of the molecule is NC1CCC(NC(=O)c2ccc(N3CCN(C(=O)c4cc(F)cc(F)c4)CC3)c(NC(=O)Cc3ccccc3)c2)CC1. The second-order valence-corrected chi connectivity index (χ2v) is 11.0. The lowest BCUT2D eigenvalue weighted by Crippen LogP contribution is -2.49. The average Bonchev–Trinajstić information content (AvgIpc) is 2.98. The second-order valence-electron chi connectivity index (χ2n) is 11.0. The van der Waals surface area contributed by atoms with Crippen LogP contribution < -0.4 is 21.3 Å². The lowest BCUT2D eigenvalue weighted by atomic mass is 9.91. The summed E-state index contributed by atoms with van der Waals surface area (Å²) in [4.78, 5) is 42.7. The number of carbonyl (C=O) groups excluding carboxylic acids is 3. The molecule has 1 saturated heterocycles. The van der Waals surface area contributed by atoms with Gasteiger partial charge in [0.1, 0.15) is 11.6 Å². The highest BCUT2D eigenvalue weighted by atomic mass is 19.1. The minimum Gasteiger partial charge on any atom is -0.366 e. The predicted molar refractivity (Wildman–Crippen MR) is 157 cm³/mol. The van der Waals surface area contributed by atoms with Crippen LogP contribution >= 0.6 is 0 Å². The number of piperazine rings is 1. The van der Waals surface area contributed by atoms with E-state index in [1.54, 1.807) is 17.0 Å². The number of halogens is 2. The topological polar surface area (TPSA) is 108 Å². The van der Waals surface area contributed by atoms with Crippen molar-refractivity contribution in [3.05, 3.63) is 95.1 Å². The fourth-order valence-corrected chi connectivity index (χ4v) is 5.57. The van der Waals surface area contributed by atoms with Gasteiger partial charge < -0.3 is 26.2 Å². The summed E-state index contributed by atoms with van der Waals surface area (Å²) >= 11 is 0. The molecular formula is C32H35F2N5O3. The van der Waals surface area contributed by atoms with E-state index in [-0.39, 0.29) is 35.9 Å². The van der Waals surface area contributed by atoms with Crippen LogP contribution in [0, 0.1) is 11.6 Å². The van der Waals surface area contributed by atoms with Gasteiger partial charge in [0.05, 0.1) is 17.8 Å². The Kier molecular flexibility index (Phi) is 9.12. The number of benzene rings is 3. The highest BCUT2D eigenvalue weighted by Crippen LogP contribution is 2.29. The number of hydrogen-bond donors (Lipinski definition) is 3. The van der Waals surface area contributed by atoms with Crippen LogP contribution in [0.1, 0.15) is 52.0 Å². The fraction of sp³-hybridized carbons (Fsp3) is 0.344. The summed E-state index contributed by atoms with van der Waals surface area (Å²) < 4.78 is 27.3.